The largest absolute Gasteiger partial charge is 0.491 e. The Morgan fingerprint density at radius 2 is 2.12 bits per heavy atom. The van der Waals surface area contributed by atoms with Crippen LogP contribution in [0.15, 0.2) is 22.9 Å². The molecule has 90 valence electrons. The summed E-state index contributed by atoms with van der Waals surface area (Å²) in [6, 6.07) is 3.49. The first-order valence-electron chi connectivity index (χ1n) is 4.98. The molecular formula is C10H14BrNO3S. The van der Waals surface area contributed by atoms with Crippen molar-refractivity contribution in [3.63, 3.8) is 0 Å². The number of sulfone groups is 1. The van der Waals surface area contributed by atoms with Crippen molar-refractivity contribution >= 4 is 25.8 Å². The topological polar surface area (TPSA) is 56.3 Å². The number of aromatic nitrogens is 1. The second-order valence-electron chi connectivity index (χ2n) is 3.32. The highest BCUT2D eigenvalue weighted by molar-refractivity contribution is 9.10. The Bertz CT molecular complexity index is 416. The summed E-state index contributed by atoms with van der Waals surface area (Å²) >= 11 is 3.20. The van der Waals surface area contributed by atoms with Crippen LogP contribution in [-0.4, -0.2) is 31.5 Å². The summed E-state index contributed by atoms with van der Waals surface area (Å²) in [5.41, 5.74) is 0. The molecule has 0 aliphatic carbocycles. The minimum atomic E-state index is -2.96. The molecule has 0 amide bonds. The van der Waals surface area contributed by atoms with Crippen molar-refractivity contribution in [1.82, 2.24) is 4.98 Å². The van der Waals surface area contributed by atoms with E-state index in [1.807, 2.05) is 6.92 Å². The van der Waals surface area contributed by atoms with Crippen LogP contribution in [0.2, 0.25) is 0 Å². The number of hydrogen-bond acceptors (Lipinski definition) is 4. The fourth-order valence-electron chi connectivity index (χ4n) is 1.15. The summed E-state index contributed by atoms with van der Waals surface area (Å²) in [5.74, 6) is 0.848. The van der Waals surface area contributed by atoms with Gasteiger partial charge in [-0.15, -0.1) is 0 Å². The second kappa shape index (κ2) is 6.20. The summed E-state index contributed by atoms with van der Waals surface area (Å²) in [5, 5.41) is 0. The number of rotatable bonds is 6. The molecule has 0 aromatic carbocycles. The third-order valence-corrected chi connectivity index (χ3v) is 4.17. The maximum absolute atomic E-state index is 11.4. The minimum Gasteiger partial charge on any atom is -0.491 e. The van der Waals surface area contributed by atoms with E-state index in [0.717, 1.165) is 4.60 Å². The van der Waals surface area contributed by atoms with E-state index in [-0.39, 0.29) is 18.1 Å². The summed E-state index contributed by atoms with van der Waals surface area (Å²) in [6.07, 6.45) is 2.19. The lowest BCUT2D eigenvalue weighted by molar-refractivity contribution is 0.339. The Kier molecular flexibility index (Phi) is 5.21. The second-order valence-corrected chi connectivity index (χ2v) is 6.43. The highest BCUT2D eigenvalue weighted by Crippen LogP contribution is 2.12. The highest BCUT2D eigenvalue weighted by Gasteiger charge is 2.09. The number of halogens is 1. The van der Waals surface area contributed by atoms with Gasteiger partial charge in [-0.1, -0.05) is 6.92 Å². The molecule has 16 heavy (non-hydrogen) atoms. The molecule has 0 saturated carbocycles. The first-order chi connectivity index (χ1) is 7.53. The Morgan fingerprint density at radius 3 is 2.69 bits per heavy atom. The van der Waals surface area contributed by atoms with Crippen LogP contribution in [0.25, 0.3) is 0 Å². The molecule has 0 atom stereocenters. The first kappa shape index (κ1) is 13.4. The number of pyridine rings is 1. The molecule has 0 unspecified atom stereocenters. The van der Waals surface area contributed by atoms with Gasteiger partial charge in [-0.25, -0.2) is 13.4 Å². The van der Waals surface area contributed by atoms with Gasteiger partial charge in [0.2, 0.25) is 0 Å². The van der Waals surface area contributed by atoms with Crippen LogP contribution in [0, 0.1) is 0 Å². The lowest BCUT2D eigenvalue weighted by Crippen LogP contribution is -2.16. The molecule has 4 nitrogen and oxygen atoms in total. The number of ether oxygens (including phenoxy) is 1. The van der Waals surface area contributed by atoms with Crippen molar-refractivity contribution in [3.05, 3.63) is 22.9 Å². The van der Waals surface area contributed by atoms with E-state index in [1.165, 1.54) is 0 Å². The van der Waals surface area contributed by atoms with Crippen LogP contribution >= 0.6 is 15.9 Å². The SMILES string of the molecule is CCCS(=O)(=O)CCOc1ccc(Br)nc1. The molecular weight excluding hydrogens is 294 g/mol. The Balaban J connectivity index is 2.39. The van der Waals surface area contributed by atoms with Gasteiger partial charge in [0.05, 0.1) is 17.7 Å². The zero-order valence-electron chi connectivity index (χ0n) is 9.02. The Labute approximate surface area is 104 Å². The quantitative estimate of drug-likeness (QED) is 0.755. The summed E-state index contributed by atoms with van der Waals surface area (Å²) < 4.78 is 28.7. The molecule has 0 spiro atoms. The molecule has 0 bridgehead atoms. The molecule has 0 aliphatic rings. The molecule has 0 aliphatic heterocycles. The first-order valence-corrected chi connectivity index (χ1v) is 7.60. The van der Waals surface area contributed by atoms with Crippen molar-refractivity contribution < 1.29 is 13.2 Å². The lowest BCUT2D eigenvalue weighted by Gasteiger charge is -2.06. The molecule has 1 aromatic heterocycles. The van der Waals surface area contributed by atoms with Crippen LogP contribution in [0.1, 0.15) is 13.3 Å². The average Bonchev–Trinajstić information content (AvgIpc) is 2.20. The van der Waals surface area contributed by atoms with E-state index < -0.39 is 9.84 Å². The van der Waals surface area contributed by atoms with Gasteiger partial charge in [0, 0.05) is 0 Å². The van der Waals surface area contributed by atoms with Crippen molar-refractivity contribution in [2.75, 3.05) is 18.1 Å². The molecule has 6 heteroatoms. The maximum atomic E-state index is 11.4. The van der Waals surface area contributed by atoms with Gasteiger partial charge in [-0.05, 0) is 34.5 Å². The fraction of sp³-hybridized carbons (Fsp3) is 0.500. The fourth-order valence-corrected chi connectivity index (χ4v) is 2.55. The van der Waals surface area contributed by atoms with Gasteiger partial charge >= 0.3 is 0 Å². The van der Waals surface area contributed by atoms with Crippen LogP contribution in [0.4, 0.5) is 0 Å². The van der Waals surface area contributed by atoms with Gasteiger partial charge in [0.25, 0.3) is 0 Å². The summed E-state index contributed by atoms with van der Waals surface area (Å²) in [7, 11) is -2.96. The van der Waals surface area contributed by atoms with Crippen LogP contribution < -0.4 is 4.74 Å². The van der Waals surface area contributed by atoms with E-state index >= 15 is 0 Å². The maximum Gasteiger partial charge on any atom is 0.153 e. The van der Waals surface area contributed by atoms with E-state index in [9.17, 15) is 8.42 Å². The minimum absolute atomic E-state index is 0.0525. The van der Waals surface area contributed by atoms with Crippen LogP contribution in [-0.2, 0) is 9.84 Å². The third kappa shape index (κ3) is 4.94. The monoisotopic (exact) mass is 307 g/mol. The van der Waals surface area contributed by atoms with Crippen molar-refractivity contribution in [2.45, 2.75) is 13.3 Å². The normalized spacial score (nSPS) is 11.4. The standard InChI is InChI=1S/C10H14BrNO3S/c1-2-6-16(13,14)7-5-15-9-3-4-10(11)12-8-9/h3-4,8H,2,5-7H2,1H3. The van der Waals surface area contributed by atoms with Crippen molar-refractivity contribution in [1.29, 1.82) is 0 Å². The van der Waals surface area contributed by atoms with E-state index in [0.29, 0.717) is 12.2 Å². The van der Waals surface area contributed by atoms with Gasteiger partial charge in [-0.3, -0.25) is 0 Å². The van der Waals surface area contributed by atoms with E-state index in [2.05, 4.69) is 20.9 Å². The zero-order chi connectivity index (χ0) is 12.0. The van der Waals surface area contributed by atoms with Gasteiger partial charge in [-0.2, -0.15) is 0 Å². The molecule has 0 saturated heterocycles. The average molecular weight is 308 g/mol. The van der Waals surface area contributed by atoms with Crippen LogP contribution in [0.5, 0.6) is 5.75 Å². The van der Waals surface area contributed by atoms with Crippen molar-refractivity contribution in [2.24, 2.45) is 0 Å². The molecule has 1 rings (SSSR count). The highest BCUT2D eigenvalue weighted by atomic mass is 79.9. The summed E-state index contributed by atoms with van der Waals surface area (Å²) in [4.78, 5) is 3.97. The van der Waals surface area contributed by atoms with E-state index in [4.69, 9.17) is 4.74 Å². The molecule has 0 N–H and O–H groups in total. The van der Waals surface area contributed by atoms with Gasteiger partial charge in [0.1, 0.15) is 17.0 Å². The van der Waals surface area contributed by atoms with E-state index in [1.54, 1.807) is 18.3 Å². The predicted molar refractivity (Wildman–Crippen MR) is 66.4 cm³/mol. The van der Waals surface area contributed by atoms with Gasteiger partial charge < -0.3 is 4.74 Å². The smallest absolute Gasteiger partial charge is 0.153 e. The Morgan fingerprint density at radius 1 is 1.38 bits per heavy atom. The lowest BCUT2D eigenvalue weighted by atomic mass is 10.5. The molecule has 0 fully saturated rings. The summed E-state index contributed by atoms with van der Waals surface area (Å²) in [6.45, 7) is 2.02. The number of hydrogen-bond donors (Lipinski definition) is 0. The van der Waals surface area contributed by atoms with Gasteiger partial charge in [0.15, 0.2) is 9.84 Å². The molecule has 0 radical (unpaired) electrons. The molecule has 1 aromatic rings. The Hall–Kier alpha value is -0.620. The predicted octanol–water partition coefficient (Wildman–Crippen LogP) is 2.05. The zero-order valence-corrected chi connectivity index (χ0v) is 11.4. The number of nitrogens with zero attached hydrogens (tertiary/aromatic N) is 1. The molecule has 1 heterocycles. The van der Waals surface area contributed by atoms with Crippen LogP contribution in [0.3, 0.4) is 0 Å². The van der Waals surface area contributed by atoms with Crippen molar-refractivity contribution in [3.8, 4) is 5.75 Å². The third-order valence-electron chi connectivity index (χ3n) is 1.88.